The van der Waals surface area contributed by atoms with Crippen LogP contribution in [0.25, 0.3) is 0 Å². The molecule has 0 saturated carbocycles. The minimum absolute atomic E-state index is 0.0346. The van der Waals surface area contributed by atoms with Gasteiger partial charge in [-0.2, -0.15) is 0 Å². The topological polar surface area (TPSA) is 32.3 Å². The molecule has 1 aromatic rings. The number of hydrogen-bond acceptors (Lipinski definition) is 2. The molecule has 0 bridgehead atoms. The molecule has 102 valence electrons. The smallest absolute Gasteiger partial charge is 0.123 e. The second-order valence-electron chi connectivity index (χ2n) is 4.67. The number of nitrogens with one attached hydrogen (secondary N) is 1. The molecule has 0 aromatic heterocycles. The van der Waals surface area contributed by atoms with Gasteiger partial charge in [0, 0.05) is 6.04 Å². The summed E-state index contributed by atoms with van der Waals surface area (Å²) >= 11 is 0. The lowest BCUT2D eigenvalue weighted by molar-refractivity contribution is 0.126. The largest absolute Gasteiger partial charge is 0.387 e. The number of aliphatic hydroxyl groups excluding tert-OH is 1. The van der Waals surface area contributed by atoms with E-state index in [-0.39, 0.29) is 11.9 Å². The van der Waals surface area contributed by atoms with Gasteiger partial charge in [-0.15, -0.1) is 0 Å². The average molecular weight is 253 g/mol. The SMILES string of the molecule is CCCCCNC(CC)C(O)c1ccc(F)cc1. The molecule has 0 aliphatic carbocycles. The highest BCUT2D eigenvalue weighted by Gasteiger charge is 2.18. The summed E-state index contributed by atoms with van der Waals surface area (Å²) in [6.45, 7) is 5.14. The Morgan fingerprint density at radius 1 is 1.17 bits per heavy atom. The van der Waals surface area contributed by atoms with Crippen molar-refractivity contribution in [3.05, 3.63) is 35.6 Å². The van der Waals surface area contributed by atoms with E-state index in [4.69, 9.17) is 0 Å². The van der Waals surface area contributed by atoms with Crippen molar-refractivity contribution < 1.29 is 9.50 Å². The van der Waals surface area contributed by atoms with Crippen molar-refractivity contribution in [2.24, 2.45) is 0 Å². The number of aliphatic hydroxyl groups is 1. The molecule has 0 fully saturated rings. The highest BCUT2D eigenvalue weighted by molar-refractivity contribution is 5.19. The van der Waals surface area contributed by atoms with Crippen LogP contribution in [0.3, 0.4) is 0 Å². The van der Waals surface area contributed by atoms with Crippen LogP contribution < -0.4 is 5.32 Å². The standard InChI is InChI=1S/C15H24FNO/c1-3-5-6-11-17-14(4-2)15(18)12-7-9-13(16)10-8-12/h7-10,14-15,17-18H,3-6,11H2,1-2H3. The molecule has 1 aromatic carbocycles. The maximum atomic E-state index is 12.8. The highest BCUT2D eigenvalue weighted by atomic mass is 19.1. The Hall–Kier alpha value is -0.930. The molecule has 1 rings (SSSR count). The van der Waals surface area contributed by atoms with E-state index < -0.39 is 6.10 Å². The van der Waals surface area contributed by atoms with E-state index in [1.165, 1.54) is 25.0 Å². The van der Waals surface area contributed by atoms with Gasteiger partial charge in [-0.3, -0.25) is 0 Å². The molecule has 0 amide bonds. The minimum Gasteiger partial charge on any atom is -0.387 e. The maximum absolute atomic E-state index is 12.8. The molecule has 0 spiro atoms. The van der Waals surface area contributed by atoms with Crippen molar-refractivity contribution >= 4 is 0 Å². The molecule has 0 aliphatic rings. The molecule has 0 radical (unpaired) electrons. The van der Waals surface area contributed by atoms with Crippen LogP contribution in [0.2, 0.25) is 0 Å². The van der Waals surface area contributed by atoms with Crippen LogP contribution in [0, 0.1) is 5.82 Å². The monoisotopic (exact) mass is 253 g/mol. The van der Waals surface area contributed by atoms with Crippen molar-refractivity contribution in [3.63, 3.8) is 0 Å². The molecular weight excluding hydrogens is 229 g/mol. The van der Waals surface area contributed by atoms with Gasteiger partial charge in [-0.1, -0.05) is 38.8 Å². The quantitative estimate of drug-likeness (QED) is 0.696. The minimum atomic E-state index is -0.572. The van der Waals surface area contributed by atoms with E-state index >= 15 is 0 Å². The molecular formula is C15H24FNO. The first-order valence-electron chi connectivity index (χ1n) is 6.86. The normalized spacial score (nSPS) is 14.4. The third-order valence-electron chi connectivity index (χ3n) is 3.22. The molecule has 0 heterocycles. The maximum Gasteiger partial charge on any atom is 0.123 e. The molecule has 2 atom stereocenters. The average Bonchev–Trinajstić information content (AvgIpc) is 2.39. The second kappa shape index (κ2) is 8.22. The Balaban J connectivity index is 2.50. The highest BCUT2D eigenvalue weighted by Crippen LogP contribution is 2.19. The van der Waals surface area contributed by atoms with Crippen molar-refractivity contribution in [3.8, 4) is 0 Å². The van der Waals surface area contributed by atoms with Crippen molar-refractivity contribution in [1.29, 1.82) is 0 Å². The Morgan fingerprint density at radius 3 is 2.39 bits per heavy atom. The Labute approximate surface area is 109 Å². The summed E-state index contributed by atoms with van der Waals surface area (Å²) < 4.78 is 12.8. The van der Waals surface area contributed by atoms with E-state index in [1.807, 2.05) is 6.92 Å². The molecule has 2 nitrogen and oxygen atoms in total. The van der Waals surface area contributed by atoms with Gasteiger partial charge >= 0.3 is 0 Å². The van der Waals surface area contributed by atoms with Crippen molar-refractivity contribution in [2.75, 3.05) is 6.54 Å². The Morgan fingerprint density at radius 2 is 1.83 bits per heavy atom. The predicted octanol–water partition coefficient (Wildman–Crippen LogP) is 3.42. The van der Waals surface area contributed by atoms with E-state index in [2.05, 4.69) is 12.2 Å². The van der Waals surface area contributed by atoms with E-state index in [0.717, 1.165) is 24.9 Å². The lowest BCUT2D eigenvalue weighted by Crippen LogP contribution is -2.35. The fourth-order valence-electron chi connectivity index (χ4n) is 2.03. The number of unbranched alkanes of at least 4 members (excludes halogenated alkanes) is 2. The lowest BCUT2D eigenvalue weighted by Gasteiger charge is -2.23. The molecule has 2 unspecified atom stereocenters. The zero-order chi connectivity index (χ0) is 13.4. The summed E-state index contributed by atoms with van der Waals surface area (Å²) in [7, 11) is 0. The summed E-state index contributed by atoms with van der Waals surface area (Å²) in [5, 5.41) is 13.6. The van der Waals surface area contributed by atoms with Crippen LogP contribution in [0.1, 0.15) is 51.2 Å². The van der Waals surface area contributed by atoms with Gasteiger partial charge in [0.05, 0.1) is 6.10 Å². The molecule has 3 heteroatoms. The van der Waals surface area contributed by atoms with Crippen molar-refractivity contribution in [1.82, 2.24) is 5.32 Å². The van der Waals surface area contributed by atoms with Crippen LogP contribution in [0.15, 0.2) is 24.3 Å². The zero-order valence-corrected chi connectivity index (χ0v) is 11.3. The first kappa shape index (κ1) is 15.1. The lowest BCUT2D eigenvalue weighted by atomic mass is 10.00. The predicted molar refractivity (Wildman–Crippen MR) is 73.0 cm³/mol. The first-order chi connectivity index (χ1) is 8.69. The van der Waals surface area contributed by atoms with Gasteiger partial charge in [-0.25, -0.2) is 4.39 Å². The van der Waals surface area contributed by atoms with E-state index in [9.17, 15) is 9.50 Å². The van der Waals surface area contributed by atoms with E-state index in [0.29, 0.717) is 0 Å². The molecule has 18 heavy (non-hydrogen) atoms. The number of rotatable bonds is 8. The first-order valence-corrected chi connectivity index (χ1v) is 6.86. The third-order valence-corrected chi connectivity index (χ3v) is 3.22. The van der Waals surface area contributed by atoms with Gasteiger partial charge < -0.3 is 10.4 Å². The Kier molecular flexibility index (Phi) is 6.91. The molecule has 2 N–H and O–H groups in total. The Bertz CT molecular complexity index is 326. The number of hydrogen-bond donors (Lipinski definition) is 2. The van der Waals surface area contributed by atoms with Gasteiger partial charge in [0.25, 0.3) is 0 Å². The van der Waals surface area contributed by atoms with Crippen LogP contribution in [-0.2, 0) is 0 Å². The summed E-state index contributed by atoms with van der Waals surface area (Å²) in [6.07, 6.45) is 3.81. The van der Waals surface area contributed by atoms with Crippen LogP contribution in [-0.4, -0.2) is 17.7 Å². The summed E-state index contributed by atoms with van der Waals surface area (Å²) in [5.74, 6) is -0.269. The van der Waals surface area contributed by atoms with Gasteiger partial charge in [0.15, 0.2) is 0 Å². The second-order valence-corrected chi connectivity index (χ2v) is 4.67. The van der Waals surface area contributed by atoms with E-state index in [1.54, 1.807) is 12.1 Å². The fraction of sp³-hybridized carbons (Fsp3) is 0.600. The molecule has 0 aliphatic heterocycles. The summed E-state index contributed by atoms with van der Waals surface area (Å²) in [5.41, 5.74) is 0.770. The van der Waals surface area contributed by atoms with Gasteiger partial charge in [-0.05, 0) is 37.1 Å². The summed E-state index contributed by atoms with van der Waals surface area (Å²) in [6, 6.07) is 6.12. The van der Waals surface area contributed by atoms with Crippen LogP contribution >= 0.6 is 0 Å². The number of benzene rings is 1. The van der Waals surface area contributed by atoms with Gasteiger partial charge in [0.2, 0.25) is 0 Å². The number of halogens is 1. The van der Waals surface area contributed by atoms with Gasteiger partial charge in [0.1, 0.15) is 5.82 Å². The fourth-order valence-corrected chi connectivity index (χ4v) is 2.03. The zero-order valence-electron chi connectivity index (χ0n) is 11.3. The summed E-state index contributed by atoms with van der Waals surface area (Å²) in [4.78, 5) is 0. The molecule has 0 saturated heterocycles. The third kappa shape index (κ3) is 4.75. The van der Waals surface area contributed by atoms with Crippen LogP contribution in [0.4, 0.5) is 4.39 Å². The van der Waals surface area contributed by atoms with Crippen molar-refractivity contribution in [2.45, 2.75) is 51.7 Å². The van der Waals surface area contributed by atoms with Crippen LogP contribution in [0.5, 0.6) is 0 Å².